The summed E-state index contributed by atoms with van der Waals surface area (Å²) < 4.78 is 9.92. The van der Waals surface area contributed by atoms with Gasteiger partial charge in [-0.15, -0.1) is 0 Å². The summed E-state index contributed by atoms with van der Waals surface area (Å²) in [6.45, 7) is 7.95. The number of likely N-dealkylation sites (tertiary alicyclic amines) is 1. The van der Waals surface area contributed by atoms with Crippen LogP contribution in [0.25, 0.3) is 5.57 Å². The van der Waals surface area contributed by atoms with Crippen molar-refractivity contribution in [2.24, 2.45) is 5.41 Å². The molecular formula is C24H33NO4. The van der Waals surface area contributed by atoms with E-state index in [0.717, 1.165) is 49.9 Å². The molecule has 158 valence electrons. The monoisotopic (exact) mass is 399 g/mol. The van der Waals surface area contributed by atoms with Crippen molar-refractivity contribution in [3.8, 4) is 0 Å². The molecule has 1 aromatic rings. The van der Waals surface area contributed by atoms with Crippen LogP contribution in [0.15, 0.2) is 47.7 Å². The topological polar surface area (TPSA) is 55.8 Å². The normalized spacial score (nSPS) is 15.3. The highest BCUT2D eigenvalue weighted by Crippen LogP contribution is 2.36. The van der Waals surface area contributed by atoms with Crippen molar-refractivity contribution < 1.29 is 19.1 Å². The van der Waals surface area contributed by atoms with E-state index in [0.29, 0.717) is 5.70 Å². The maximum atomic E-state index is 12.6. The van der Waals surface area contributed by atoms with E-state index in [1.807, 2.05) is 36.4 Å². The smallest absolute Gasteiger partial charge is 0.347 e. The van der Waals surface area contributed by atoms with E-state index < -0.39 is 11.9 Å². The van der Waals surface area contributed by atoms with Gasteiger partial charge in [-0.1, -0.05) is 63.9 Å². The summed E-state index contributed by atoms with van der Waals surface area (Å²) in [4.78, 5) is 27.4. The molecule has 2 rings (SSSR count). The van der Waals surface area contributed by atoms with Gasteiger partial charge >= 0.3 is 11.9 Å². The van der Waals surface area contributed by atoms with Crippen LogP contribution < -0.4 is 0 Å². The van der Waals surface area contributed by atoms with Crippen LogP contribution in [0.5, 0.6) is 0 Å². The molecule has 1 aromatic carbocycles. The van der Waals surface area contributed by atoms with E-state index in [9.17, 15) is 9.59 Å². The third-order valence-electron chi connectivity index (χ3n) is 5.16. The summed E-state index contributed by atoms with van der Waals surface area (Å²) in [5, 5.41) is 0. The Labute approximate surface area is 174 Å². The van der Waals surface area contributed by atoms with E-state index in [4.69, 9.17) is 9.47 Å². The molecule has 0 saturated carbocycles. The fourth-order valence-corrected chi connectivity index (χ4v) is 3.62. The standard InChI is InChI=1S/C24H33NO4/c1-24(2,3)19(18-13-9-8-10-14-18)17-20(25-15-11-6-7-12-16-25)21(22(26)28-4)23(27)29-5/h8-10,13-14,17H,6-7,11-12,15-16H2,1-5H3/b19-17+. The molecule has 1 aliphatic heterocycles. The van der Waals surface area contributed by atoms with Crippen molar-refractivity contribution in [3.05, 3.63) is 53.2 Å². The number of hydrogen-bond donors (Lipinski definition) is 0. The molecule has 0 unspecified atom stereocenters. The lowest BCUT2D eigenvalue weighted by molar-refractivity contribution is -0.144. The van der Waals surface area contributed by atoms with Crippen LogP contribution in [-0.4, -0.2) is 44.1 Å². The second-order valence-corrected chi connectivity index (χ2v) is 8.32. The van der Waals surface area contributed by atoms with Crippen LogP contribution in [0.1, 0.15) is 52.0 Å². The molecule has 0 aliphatic carbocycles. The first-order valence-electron chi connectivity index (χ1n) is 10.2. The van der Waals surface area contributed by atoms with Gasteiger partial charge in [-0.2, -0.15) is 0 Å². The van der Waals surface area contributed by atoms with E-state index in [-0.39, 0.29) is 11.0 Å². The number of esters is 2. The van der Waals surface area contributed by atoms with Gasteiger partial charge in [0.25, 0.3) is 0 Å². The summed E-state index contributed by atoms with van der Waals surface area (Å²) in [6.07, 6.45) is 6.30. The molecule has 0 radical (unpaired) electrons. The molecule has 0 amide bonds. The minimum Gasteiger partial charge on any atom is -0.465 e. The van der Waals surface area contributed by atoms with Gasteiger partial charge in [0.05, 0.1) is 19.9 Å². The van der Waals surface area contributed by atoms with Gasteiger partial charge in [0.1, 0.15) is 0 Å². The number of methoxy groups -OCH3 is 2. The first-order chi connectivity index (χ1) is 13.8. The molecule has 0 atom stereocenters. The zero-order valence-electron chi connectivity index (χ0n) is 18.3. The number of hydrogen-bond acceptors (Lipinski definition) is 5. The second-order valence-electron chi connectivity index (χ2n) is 8.32. The Bertz CT molecular complexity index is 746. The average Bonchev–Trinajstić information content (AvgIpc) is 2.99. The SMILES string of the molecule is COC(=O)C(C(=O)OC)=C(/C=C(\c1ccccc1)C(C)(C)C)N1CCCCCC1. The lowest BCUT2D eigenvalue weighted by Gasteiger charge is -2.29. The Morgan fingerprint density at radius 2 is 1.41 bits per heavy atom. The Kier molecular flexibility index (Phi) is 8.06. The lowest BCUT2D eigenvalue weighted by Crippen LogP contribution is -2.30. The summed E-state index contributed by atoms with van der Waals surface area (Å²) in [7, 11) is 2.58. The molecule has 29 heavy (non-hydrogen) atoms. The van der Waals surface area contributed by atoms with Crippen LogP contribution in [0.3, 0.4) is 0 Å². The highest BCUT2D eigenvalue weighted by molar-refractivity contribution is 6.15. The van der Waals surface area contributed by atoms with Crippen LogP contribution in [-0.2, 0) is 19.1 Å². The van der Waals surface area contributed by atoms with Gasteiger partial charge in [0, 0.05) is 13.1 Å². The molecule has 5 nitrogen and oxygen atoms in total. The van der Waals surface area contributed by atoms with Crippen molar-refractivity contribution >= 4 is 17.5 Å². The number of allylic oxidation sites excluding steroid dienone is 2. The van der Waals surface area contributed by atoms with Crippen molar-refractivity contribution in [2.75, 3.05) is 27.3 Å². The molecular weight excluding hydrogens is 366 g/mol. The van der Waals surface area contributed by atoms with Crippen molar-refractivity contribution in [3.63, 3.8) is 0 Å². The summed E-state index contributed by atoms with van der Waals surface area (Å²) in [6, 6.07) is 10.1. The quantitative estimate of drug-likeness (QED) is 0.238. The van der Waals surface area contributed by atoms with E-state index >= 15 is 0 Å². The van der Waals surface area contributed by atoms with Crippen LogP contribution >= 0.6 is 0 Å². The van der Waals surface area contributed by atoms with Crippen LogP contribution in [0, 0.1) is 5.41 Å². The van der Waals surface area contributed by atoms with E-state index in [1.54, 1.807) is 0 Å². The Balaban J connectivity index is 2.76. The highest BCUT2D eigenvalue weighted by Gasteiger charge is 2.29. The zero-order valence-corrected chi connectivity index (χ0v) is 18.3. The largest absolute Gasteiger partial charge is 0.465 e. The molecule has 0 N–H and O–H groups in total. The Morgan fingerprint density at radius 1 is 0.897 bits per heavy atom. The molecule has 1 fully saturated rings. The van der Waals surface area contributed by atoms with Gasteiger partial charge in [-0.3, -0.25) is 0 Å². The molecule has 5 heteroatoms. The van der Waals surface area contributed by atoms with Gasteiger partial charge in [-0.25, -0.2) is 9.59 Å². The van der Waals surface area contributed by atoms with E-state index in [1.165, 1.54) is 14.2 Å². The maximum absolute atomic E-state index is 12.6. The maximum Gasteiger partial charge on any atom is 0.347 e. The number of benzene rings is 1. The first-order valence-corrected chi connectivity index (χ1v) is 10.2. The average molecular weight is 400 g/mol. The third-order valence-corrected chi connectivity index (χ3v) is 5.16. The fourth-order valence-electron chi connectivity index (χ4n) is 3.62. The highest BCUT2D eigenvalue weighted by atomic mass is 16.5. The lowest BCUT2D eigenvalue weighted by atomic mass is 9.81. The predicted molar refractivity (Wildman–Crippen MR) is 115 cm³/mol. The fraction of sp³-hybridized carbons (Fsp3) is 0.500. The van der Waals surface area contributed by atoms with E-state index in [2.05, 4.69) is 25.7 Å². The molecule has 1 saturated heterocycles. The van der Waals surface area contributed by atoms with Crippen molar-refractivity contribution in [1.29, 1.82) is 0 Å². The predicted octanol–water partition coefficient (Wildman–Crippen LogP) is 4.59. The van der Waals surface area contributed by atoms with Gasteiger partial charge in [-0.05, 0) is 35.5 Å². The molecule has 0 bridgehead atoms. The molecule has 0 spiro atoms. The Hall–Kier alpha value is -2.56. The van der Waals surface area contributed by atoms with Crippen molar-refractivity contribution in [1.82, 2.24) is 4.90 Å². The van der Waals surface area contributed by atoms with Crippen LogP contribution in [0.4, 0.5) is 0 Å². The number of carbonyl (C=O) groups is 2. The molecule has 1 heterocycles. The number of rotatable bonds is 5. The van der Waals surface area contributed by atoms with Crippen LogP contribution in [0.2, 0.25) is 0 Å². The third kappa shape index (κ3) is 5.96. The Morgan fingerprint density at radius 3 is 1.86 bits per heavy atom. The summed E-state index contributed by atoms with van der Waals surface area (Å²) >= 11 is 0. The van der Waals surface area contributed by atoms with Gasteiger partial charge < -0.3 is 14.4 Å². The first kappa shape index (κ1) is 22.7. The second kappa shape index (κ2) is 10.3. The number of ether oxygens (including phenoxy) is 2. The minimum absolute atomic E-state index is 0.0467. The zero-order chi connectivity index (χ0) is 21.4. The summed E-state index contributed by atoms with van der Waals surface area (Å²) in [5.41, 5.74) is 2.44. The summed E-state index contributed by atoms with van der Waals surface area (Å²) in [5.74, 6) is -1.35. The molecule has 1 aliphatic rings. The van der Waals surface area contributed by atoms with Gasteiger partial charge in [0.2, 0.25) is 0 Å². The van der Waals surface area contributed by atoms with Gasteiger partial charge in [0.15, 0.2) is 5.57 Å². The number of nitrogens with zero attached hydrogens (tertiary/aromatic N) is 1. The minimum atomic E-state index is -0.673. The number of carbonyl (C=O) groups excluding carboxylic acids is 2. The van der Waals surface area contributed by atoms with Crippen molar-refractivity contribution in [2.45, 2.75) is 46.5 Å². The molecule has 0 aromatic heterocycles.